The number of carbonyl (C=O) groups excluding carboxylic acids is 1. The maximum atomic E-state index is 11.9. The first-order valence-electron chi connectivity index (χ1n) is 12.8. The molecule has 0 saturated heterocycles. The van der Waals surface area contributed by atoms with Crippen molar-refractivity contribution >= 4 is 5.97 Å². The summed E-state index contributed by atoms with van der Waals surface area (Å²) in [4.78, 5) is 11.9. The minimum atomic E-state index is -0.370. The van der Waals surface area contributed by atoms with Crippen molar-refractivity contribution < 1.29 is 24.9 Å². The summed E-state index contributed by atoms with van der Waals surface area (Å²) in [5.41, 5.74) is -0.0906. The summed E-state index contributed by atoms with van der Waals surface area (Å²) >= 11 is 0. The zero-order valence-electron chi connectivity index (χ0n) is 19.9. The van der Waals surface area contributed by atoms with E-state index in [9.17, 15) is 20.1 Å². The molecule has 4 saturated carbocycles. The monoisotopic (exact) mass is 436 g/mol. The van der Waals surface area contributed by atoms with E-state index < -0.39 is 0 Å². The highest BCUT2D eigenvalue weighted by Gasteiger charge is 2.65. The van der Waals surface area contributed by atoms with E-state index in [4.69, 9.17) is 4.74 Å². The van der Waals surface area contributed by atoms with E-state index in [1.165, 1.54) is 0 Å². The Hall–Kier alpha value is -0.650. The van der Waals surface area contributed by atoms with Gasteiger partial charge in [-0.25, -0.2) is 0 Å². The van der Waals surface area contributed by atoms with Crippen LogP contribution in [0, 0.1) is 46.3 Å². The molecule has 0 radical (unpaired) electrons. The van der Waals surface area contributed by atoms with Crippen LogP contribution in [0.15, 0.2) is 0 Å². The number of fused-ring (bicyclic) bond motifs is 5. The molecule has 4 rings (SSSR count). The van der Waals surface area contributed by atoms with Crippen LogP contribution in [0.5, 0.6) is 0 Å². The second-order valence-electron chi connectivity index (χ2n) is 11.8. The van der Waals surface area contributed by atoms with Crippen molar-refractivity contribution in [2.45, 2.75) is 104 Å². The predicted molar refractivity (Wildman–Crippen MR) is 119 cm³/mol. The molecule has 5 heteroatoms. The second-order valence-corrected chi connectivity index (χ2v) is 11.8. The summed E-state index contributed by atoms with van der Waals surface area (Å²) in [6, 6.07) is 0. The van der Waals surface area contributed by atoms with Gasteiger partial charge >= 0.3 is 5.97 Å². The summed E-state index contributed by atoms with van der Waals surface area (Å²) in [5.74, 6) is 1.84. The van der Waals surface area contributed by atoms with Crippen molar-refractivity contribution in [1.82, 2.24) is 0 Å². The Morgan fingerprint density at radius 2 is 1.81 bits per heavy atom. The highest BCUT2D eigenvalue weighted by molar-refractivity contribution is 5.69. The highest BCUT2D eigenvalue weighted by Crippen LogP contribution is 2.68. The van der Waals surface area contributed by atoms with Crippen LogP contribution in [0.25, 0.3) is 0 Å². The van der Waals surface area contributed by atoms with E-state index >= 15 is 0 Å². The molecule has 4 aliphatic carbocycles. The molecule has 3 N–H and O–H groups in total. The van der Waals surface area contributed by atoms with E-state index in [1.54, 1.807) is 0 Å². The standard InChI is InChI=1S/C26H44O5/c1-5-31-23(30)9-6-15(2)18-7-8-19-24-20(14-22(29)26(18,19)4)25(3)11-10-17(27)12-16(25)13-21(24)28/h15-22,24,27-29H,5-14H2,1-4H3. The van der Waals surface area contributed by atoms with Gasteiger partial charge in [-0.05, 0) is 105 Å². The number of hydrogen-bond acceptors (Lipinski definition) is 5. The van der Waals surface area contributed by atoms with E-state index in [-0.39, 0.29) is 41.0 Å². The van der Waals surface area contributed by atoms with E-state index in [0.717, 1.165) is 51.4 Å². The van der Waals surface area contributed by atoms with Crippen molar-refractivity contribution in [3.05, 3.63) is 0 Å². The van der Waals surface area contributed by atoms with Crippen LogP contribution in [0.2, 0.25) is 0 Å². The molecule has 0 aromatic rings. The van der Waals surface area contributed by atoms with E-state index in [2.05, 4.69) is 20.8 Å². The van der Waals surface area contributed by atoms with Crippen molar-refractivity contribution in [3.8, 4) is 0 Å². The van der Waals surface area contributed by atoms with E-state index in [0.29, 0.717) is 42.6 Å². The molecule has 178 valence electrons. The number of esters is 1. The summed E-state index contributed by atoms with van der Waals surface area (Å²) in [6.07, 6.45) is 6.62. The van der Waals surface area contributed by atoms with Gasteiger partial charge in [-0.15, -0.1) is 0 Å². The molecule has 0 spiro atoms. The lowest BCUT2D eigenvalue weighted by molar-refractivity contribution is -0.207. The molecule has 4 fully saturated rings. The molecule has 0 aliphatic heterocycles. The van der Waals surface area contributed by atoms with Crippen molar-refractivity contribution in [1.29, 1.82) is 0 Å². The average molecular weight is 437 g/mol. The first-order valence-corrected chi connectivity index (χ1v) is 12.8. The highest BCUT2D eigenvalue weighted by atomic mass is 16.5. The van der Waals surface area contributed by atoms with Gasteiger partial charge < -0.3 is 20.1 Å². The van der Waals surface area contributed by atoms with Gasteiger partial charge in [-0.2, -0.15) is 0 Å². The number of rotatable bonds is 5. The maximum Gasteiger partial charge on any atom is 0.305 e. The van der Waals surface area contributed by atoms with Gasteiger partial charge in [0.15, 0.2) is 0 Å². The van der Waals surface area contributed by atoms with Crippen molar-refractivity contribution in [2.75, 3.05) is 6.61 Å². The second kappa shape index (κ2) is 8.61. The predicted octanol–water partition coefficient (Wildman–Crippen LogP) is 3.93. The molecular weight excluding hydrogens is 392 g/mol. The smallest absolute Gasteiger partial charge is 0.305 e. The van der Waals surface area contributed by atoms with Crippen LogP contribution in [-0.2, 0) is 9.53 Å². The Morgan fingerprint density at radius 3 is 2.52 bits per heavy atom. The number of carbonyl (C=O) groups is 1. The Morgan fingerprint density at radius 1 is 1.06 bits per heavy atom. The number of aliphatic hydroxyl groups excluding tert-OH is 3. The molecule has 31 heavy (non-hydrogen) atoms. The molecular formula is C26H44O5. The van der Waals surface area contributed by atoms with Crippen molar-refractivity contribution in [3.63, 3.8) is 0 Å². The fraction of sp³-hybridized carbons (Fsp3) is 0.962. The van der Waals surface area contributed by atoms with Crippen LogP contribution in [0.1, 0.15) is 85.5 Å². The molecule has 0 bridgehead atoms. The fourth-order valence-electron chi connectivity index (χ4n) is 8.91. The molecule has 0 aromatic carbocycles. The molecule has 4 aliphatic rings. The largest absolute Gasteiger partial charge is 0.466 e. The normalized spacial score (nSPS) is 50.2. The lowest BCUT2D eigenvalue weighted by atomic mass is 9.43. The van der Waals surface area contributed by atoms with Crippen LogP contribution >= 0.6 is 0 Å². The molecule has 11 unspecified atom stereocenters. The minimum Gasteiger partial charge on any atom is -0.466 e. The van der Waals surface area contributed by atoms with Gasteiger partial charge in [-0.1, -0.05) is 20.8 Å². The third-order valence-electron chi connectivity index (χ3n) is 10.6. The third-order valence-corrected chi connectivity index (χ3v) is 10.6. The van der Waals surface area contributed by atoms with Gasteiger partial charge in [0, 0.05) is 6.42 Å². The topological polar surface area (TPSA) is 87.0 Å². The zero-order valence-corrected chi connectivity index (χ0v) is 19.9. The van der Waals surface area contributed by atoms with Crippen molar-refractivity contribution in [2.24, 2.45) is 46.3 Å². The molecule has 0 amide bonds. The maximum absolute atomic E-state index is 11.9. The van der Waals surface area contributed by atoms with Gasteiger partial charge in [0.25, 0.3) is 0 Å². The number of aliphatic hydroxyl groups is 3. The van der Waals surface area contributed by atoms with Crippen LogP contribution in [0.3, 0.4) is 0 Å². The summed E-state index contributed by atoms with van der Waals surface area (Å²) in [5, 5.41) is 33.1. The zero-order chi connectivity index (χ0) is 22.6. The SMILES string of the molecule is CCOC(=O)CCC(C)C1CCC2C3C(O)CC4CC(O)CCC4(C)C3CC(O)C12C. The summed E-state index contributed by atoms with van der Waals surface area (Å²) < 4.78 is 5.12. The van der Waals surface area contributed by atoms with Crippen LogP contribution in [0.4, 0.5) is 0 Å². The lowest BCUT2D eigenvalue weighted by Gasteiger charge is -2.63. The van der Waals surface area contributed by atoms with Crippen LogP contribution in [-0.4, -0.2) is 46.2 Å². The third kappa shape index (κ3) is 3.77. The minimum absolute atomic E-state index is 0.110. The molecule has 11 atom stereocenters. The summed E-state index contributed by atoms with van der Waals surface area (Å²) in [6.45, 7) is 9.13. The van der Waals surface area contributed by atoms with Gasteiger partial charge in [0.2, 0.25) is 0 Å². The molecule has 0 heterocycles. The average Bonchev–Trinajstić information content (AvgIpc) is 3.07. The number of ether oxygens (including phenoxy) is 1. The Kier molecular flexibility index (Phi) is 6.53. The summed E-state index contributed by atoms with van der Waals surface area (Å²) in [7, 11) is 0. The van der Waals surface area contributed by atoms with Gasteiger partial charge in [-0.3, -0.25) is 4.79 Å². The molecule has 5 nitrogen and oxygen atoms in total. The number of hydrogen-bond donors (Lipinski definition) is 3. The fourth-order valence-corrected chi connectivity index (χ4v) is 8.91. The lowest BCUT2D eigenvalue weighted by Crippen LogP contribution is -2.62. The first kappa shape index (κ1) is 23.5. The Bertz CT molecular complexity index is 666. The van der Waals surface area contributed by atoms with Crippen LogP contribution < -0.4 is 0 Å². The Balaban J connectivity index is 1.54. The first-order chi connectivity index (χ1) is 14.6. The quantitative estimate of drug-likeness (QED) is 0.569. The van der Waals surface area contributed by atoms with Gasteiger partial charge in [0.05, 0.1) is 24.9 Å². The Labute approximate surface area is 187 Å². The molecule has 0 aromatic heterocycles. The van der Waals surface area contributed by atoms with E-state index in [1.807, 2.05) is 6.92 Å². The van der Waals surface area contributed by atoms with Gasteiger partial charge in [0.1, 0.15) is 0 Å².